The van der Waals surface area contributed by atoms with Gasteiger partial charge in [0.05, 0.1) is 0 Å². The quantitative estimate of drug-likeness (QED) is 0.489. The molecule has 7 heteroatoms. The molecule has 0 aliphatic carbocycles. The lowest BCUT2D eigenvalue weighted by Crippen LogP contribution is -2.29. The van der Waals surface area contributed by atoms with Crippen LogP contribution >= 0.6 is 0 Å². The van der Waals surface area contributed by atoms with Gasteiger partial charge in [0.1, 0.15) is 6.10 Å². The van der Waals surface area contributed by atoms with Gasteiger partial charge in [-0.15, -0.1) is 0 Å². The van der Waals surface area contributed by atoms with E-state index in [1.807, 2.05) is 32.9 Å². The number of phenols is 1. The molecule has 2 aromatic carbocycles. The molecule has 0 aliphatic heterocycles. The van der Waals surface area contributed by atoms with Gasteiger partial charge in [0, 0.05) is 17.2 Å². The van der Waals surface area contributed by atoms with E-state index in [1.165, 1.54) is 18.2 Å². The molecule has 2 aromatic rings. The molecule has 0 fully saturated rings. The van der Waals surface area contributed by atoms with Crippen LogP contribution < -0.4 is 5.32 Å². The van der Waals surface area contributed by atoms with Crippen LogP contribution in [0.2, 0.25) is 0 Å². The summed E-state index contributed by atoms with van der Waals surface area (Å²) in [7, 11) is 0. The van der Waals surface area contributed by atoms with E-state index in [1.54, 1.807) is 12.1 Å². The van der Waals surface area contributed by atoms with Gasteiger partial charge < -0.3 is 14.9 Å². The van der Waals surface area contributed by atoms with Crippen molar-refractivity contribution in [3.05, 3.63) is 71.6 Å². The summed E-state index contributed by atoms with van der Waals surface area (Å²) in [4.78, 5) is 23.2. The fourth-order valence-corrected chi connectivity index (χ4v) is 3.03. The third-order valence-corrected chi connectivity index (χ3v) is 4.72. The normalized spacial score (nSPS) is 12.5. The number of ether oxygens (including phenoxy) is 1. The maximum atomic E-state index is 14.0. The molecule has 0 saturated heterocycles. The van der Waals surface area contributed by atoms with Gasteiger partial charge in [-0.2, -0.15) is 0 Å². The largest absolute Gasteiger partial charge is 0.505 e. The van der Waals surface area contributed by atoms with Crippen molar-refractivity contribution in [2.24, 2.45) is 5.41 Å². The Morgan fingerprint density at radius 1 is 1.20 bits per heavy atom. The molecule has 3 N–H and O–H groups in total. The van der Waals surface area contributed by atoms with Crippen LogP contribution in [0.3, 0.4) is 0 Å². The number of benzene rings is 2. The fraction of sp³-hybridized carbons (Fsp3) is 0.304. The number of aliphatic carboxylic acids is 1. The van der Waals surface area contributed by atoms with Crippen molar-refractivity contribution < 1.29 is 28.9 Å². The fourth-order valence-electron chi connectivity index (χ4n) is 3.03. The van der Waals surface area contributed by atoms with Crippen molar-refractivity contribution in [2.75, 3.05) is 5.32 Å². The van der Waals surface area contributed by atoms with Crippen LogP contribution in [0.5, 0.6) is 5.75 Å². The van der Waals surface area contributed by atoms with Crippen molar-refractivity contribution in [2.45, 2.75) is 39.7 Å². The SMILES string of the molecule is Cc1ccc(NC(=O)O[C@H](c2ccc(O)c(F)c2)C(C)(C)CC/C=C/C(=O)O)cc1. The molecule has 6 nitrogen and oxygen atoms in total. The minimum atomic E-state index is -1.04. The predicted molar refractivity (Wildman–Crippen MR) is 112 cm³/mol. The first-order valence-electron chi connectivity index (χ1n) is 9.50. The van der Waals surface area contributed by atoms with E-state index in [0.717, 1.165) is 17.7 Å². The second-order valence-electron chi connectivity index (χ2n) is 7.76. The predicted octanol–water partition coefficient (Wildman–Crippen LogP) is 5.58. The van der Waals surface area contributed by atoms with Gasteiger partial charge in [0.2, 0.25) is 0 Å². The zero-order chi connectivity index (χ0) is 22.3. The second-order valence-corrected chi connectivity index (χ2v) is 7.76. The summed E-state index contributed by atoms with van der Waals surface area (Å²) >= 11 is 0. The summed E-state index contributed by atoms with van der Waals surface area (Å²) in [6.07, 6.45) is 1.94. The summed E-state index contributed by atoms with van der Waals surface area (Å²) in [6, 6.07) is 11.0. The monoisotopic (exact) mass is 415 g/mol. The molecule has 0 spiro atoms. The topological polar surface area (TPSA) is 95.9 Å². The number of anilines is 1. The number of hydrogen-bond acceptors (Lipinski definition) is 4. The molecule has 0 saturated carbocycles. The van der Waals surface area contributed by atoms with Crippen molar-refractivity contribution in [1.29, 1.82) is 0 Å². The highest BCUT2D eigenvalue weighted by molar-refractivity contribution is 5.84. The van der Waals surface area contributed by atoms with Crippen molar-refractivity contribution in [3.8, 4) is 5.75 Å². The standard InChI is InChI=1S/C23H26FNO5/c1-15-7-10-17(11-8-15)25-22(29)30-21(16-9-12-19(26)18(24)14-16)23(2,3)13-5-4-6-20(27)28/h4,6-12,14,21,26H,5,13H2,1-3H3,(H,25,29)(H,27,28)/b6-4+/t21-/m1/s1. The minimum absolute atomic E-state index is 0.386. The lowest BCUT2D eigenvalue weighted by atomic mass is 9.78. The number of carbonyl (C=O) groups excluding carboxylic acids is 1. The van der Waals surface area contributed by atoms with Crippen LogP contribution in [0.15, 0.2) is 54.6 Å². The summed E-state index contributed by atoms with van der Waals surface area (Å²) in [6.45, 7) is 5.62. The first-order chi connectivity index (χ1) is 14.1. The van der Waals surface area contributed by atoms with Gasteiger partial charge in [-0.1, -0.05) is 43.7 Å². The van der Waals surface area contributed by atoms with Gasteiger partial charge in [-0.05, 0) is 49.6 Å². The summed E-state index contributed by atoms with van der Waals surface area (Å²) in [5.41, 5.74) is 1.33. The molecule has 0 aliphatic rings. The number of carboxylic acids is 1. The molecule has 160 valence electrons. The summed E-state index contributed by atoms with van der Waals surface area (Å²) in [5, 5.41) is 20.9. The molecule has 0 heterocycles. The van der Waals surface area contributed by atoms with E-state index >= 15 is 0 Å². The minimum Gasteiger partial charge on any atom is -0.505 e. The number of amides is 1. The third kappa shape index (κ3) is 6.62. The molecule has 1 amide bonds. The number of halogens is 1. The molecule has 0 radical (unpaired) electrons. The Bertz CT molecular complexity index is 922. The first kappa shape index (κ1) is 22.9. The van der Waals surface area contributed by atoms with Crippen molar-refractivity contribution >= 4 is 17.7 Å². The van der Waals surface area contributed by atoms with E-state index < -0.39 is 35.1 Å². The van der Waals surface area contributed by atoms with Crippen molar-refractivity contribution in [3.63, 3.8) is 0 Å². The van der Waals surface area contributed by atoms with Crippen LogP contribution in [0.25, 0.3) is 0 Å². The Kier molecular flexibility index (Phi) is 7.58. The van der Waals surface area contributed by atoms with Crippen LogP contribution in [0.4, 0.5) is 14.9 Å². The Labute approximate surface area is 175 Å². The zero-order valence-corrected chi connectivity index (χ0v) is 17.2. The highest BCUT2D eigenvalue weighted by Crippen LogP contribution is 2.41. The van der Waals surface area contributed by atoms with Crippen LogP contribution in [0.1, 0.15) is 43.9 Å². The number of aryl methyl sites for hydroxylation is 1. The number of aromatic hydroxyl groups is 1. The van der Waals surface area contributed by atoms with Gasteiger partial charge in [-0.3, -0.25) is 5.32 Å². The Hall–Kier alpha value is -3.35. The molecule has 1 atom stereocenters. The number of allylic oxidation sites excluding steroid dienone is 1. The number of rotatable bonds is 8. The molecule has 0 bridgehead atoms. The van der Waals surface area contributed by atoms with E-state index in [0.29, 0.717) is 24.1 Å². The second kappa shape index (κ2) is 9.91. The molecular weight excluding hydrogens is 389 g/mol. The molecular formula is C23H26FNO5. The number of carbonyl (C=O) groups is 2. The highest BCUT2D eigenvalue weighted by Gasteiger charge is 2.34. The Morgan fingerprint density at radius 3 is 2.47 bits per heavy atom. The van der Waals surface area contributed by atoms with E-state index in [9.17, 15) is 19.1 Å². The molecule has 0 unspecified atom stereocenters. The van der Waals surface area contributed by atoms with Crippen LogP contribution in [0, 0.1) is 18.2 Å². The first-order valence-corrected chi connectivity index (χ1v) is 9.50. The molecule has 30 heavy (non-hydrogen) atoms. The lowest BCUT2D eigenvalue weighted by Gasteiger charge is -2.34. The van der Waals surface area contributed by atoms with Crippen molar-refractivity contribution in [1.82, 2.24) is 0 Å². The molecule has 0 aromatic heterocycles. The van der Waals surface area contributed by atoms with E-state index in [-0.39, 0.29) is 0 Å². The number of nitrogens with one attached hydrogen (secondary N) is 1. The Morgan fingerprint density at radius 2 is 1.87 bits per heavy atom. The van der Waals surface area contributed by atoms with E-state index in [2.05, 4.69) is 5.32 Å². The molecule has 2 rings (SSSR count). The highest BCUT2D eigenvalue weighted by atomic mass is 19.1. The number of carboxylic acid groups (broad SMARTS) is 1. The summed E-state index contributed by atoms with van der Waals surface area (Å²) in [5.74, 6) is -2.36. The zero-order valence-electron chi connectivity index (χ0n) is 17.2. The van der Waals surface area contributed by atoms with Gasteiger partial charge in [0.25, 0.3) is 0 Å². The number of phenolic OH excluding ortho intramolecular Hbond substituents is 1. The lowest BCUT2D eigenvalue weighted by molar-refractivity contribution is -0.131. The van der Waals surface area contributed by atoms with Gasteiger partial charge >= 0.3 is 12.1 Å². The van der Waals surface area contributed by atoms with Gasteiger partial charge in [0.15, 0.2) is 11.6 Å². The average Bonchev–Trinajstić information content (AvgIpc) is 2.67. The van der Waals surface area contributed by atoms with E-state index in [4.69, 9.17) is 9.84 Å². The summed E-state index contributed by atoms with van der Waals surface area (Å²) < 4.78 is 19.6. The maximum Gasteiger partial charge on any atom is 0.412 e. The maximum absolute atomic E-state index is 14.0. The Balaban J connectivity index is 2.23. The van der Waals surface area contributed by atoms with Gasteiger partial charge in [-0.25, -0.2) is 14.0 Å². The van der Waals surface area contributed by atoms with Crippen LogP contribution in [-0.2, 0) is 9.53 Å². The number of hydrogen-bond donors (Lipinski definition) is 3. The third-order valence-electron chi connectivity index (χ3n) is 4.72. The van der Waals surface area contributed by atoms with Crippen LogP contribution in [-0.4, -0.2) is 22.3 Å². The smallest absolute Gasteiger partial charge is 0.412 e. The average molecular weight is 415 g/mol.